The van der Waals surface area contributed by atoms with Crippen LogP contribution in [0.5, 0.6) is 0 Å². The third-order valence-electron chi connectivity index (χ3n) is 4.16. The fraction of sp³-hybridized carbons (Fsp3) is 0.316. The van der Waals surface area contributed by atoms with Crippen molar-refractivity contribution in [2.24, 2.45) is 0 Å². The first-order valence-corrected chi connectivity index (χ1v) is 8.40. The number of nitrogens with one attached hydrogen (secondary N) is 1. The molecule has 1 aliphatic heterocycles. The average Bonchev–Trinajstić information content (AvgIpc) is 2.68. The summed E-state index contributed by atoms with van der Waals surface area (Å²) in [5.41, 5.74) is 2.61. The van der Waals surface area contributed by atoms with Crippen molar-refractivity contribution in [3.63, 3.8) is 0 Å². The van der Waals surface area contributed by atoms with Gasteiger partial charge in [-0.1, -0.05) is 19.1 Å². The van der Waals surface area contributed by atoms with Crippen molar-refractivity contribution in [1.29, 1.82) is 0 Å². The van der Waals surface area contributed by atoms with Gasteiger partial charge in [-0.2, -0.15) is 0 Å². The Bertz CT molecular complexity index is 753. The summed E-state index contributed by atoms with van der Waals surface area (Å²) in [6.07, 6.45) is 2.44. The highest BCUT2D eigenvalue weighted by Gasteiger charge is 2.20. The van der Waals surface area contributed by atoms with E-state index >= 15 is 0 Å². The average molecular weight is 339 g/mol. The molecule has 1 fully saturated rings. The molecule has 0 saturated carbocycles. The molecule has 25 heavy (non-hydrogen) atoms. The molecule has 1 aromatic carbocycles. The molecule has 1 aliphatic rings. The van der Waals surface area contributed by atoms with Crippen molar-refractivity contribution in [3.8, 4) is 0 Å². The molecule has 0 spiro atoms. The number of carbonyl (C=O) groups excluding carboxylic acids is 2. The van der Waals surface area contributed by atoms with E-state index in [1.807, 2.05) is 24.3 Å². The monoisotopic (exact) mass is 339 g/mol. The number of amides is 2. The Morgan fingerprint density at radius 3 is 2.56 bits per heavy atom. The van der Waals surface area contributed by atoms with Gasteiger partial charge in [-0.3, -0.25) is 14.6 Å². The largest absolute Gasteiger partial charge is 0.378 e. The number of carbonyl (C=O) groups is 2. The summed E-state index contributed by atoms with van der Waals surface area (Å²) in [6, 6.07) is 10.8. The Morgan fingerprint density at radius 1 is 1.16 bits per heavy atom. The van der Waals surface area contributed by atoms with Crippen molar-refractivity contribution in [1.82, 2.24) is 9.88 Å². The van der Waals surface area contributed by atoms with Gasteiger partial charge in [-0.25, -0.2) is 0 Å². The zero-order valence-corrected chi connectivity index (χ0v) is 14.2. The first-order chi connectivity index (χ1) is 12.2. The molecule has 6 heteroatoms. The highest BCUT2D eigenvalue weighted by atomic mass is 16.5. The molecule has 130 valence electrons. The molecule has 1 aromatic heterocycles. The van der Waals surface area contributed by atoms with E-state index in [0.29, 0.717) is 31.9 Å². The summed E-state index contributed by atoms with van der Waals surface area (Å²) in [7, 11) is 0. The Balaban J connectivity index is 1.71. The molecule has 2 amide bonds. The molecular formula is C19H21N3O3. The molecule has 6 nitrogen and oxygen atoms in total. The minimum absolute atomic E-state index is 0.176. The highest BCUT2D eigenvalue weighted by molar-refractivity contribution is 6.05. The number of nitrogens with zero attached hydrogens (tertiary/aromatic N) is 2. The molecule has 0 bridgehead atoms. The molecule has 2 heterocycles. The van der Waals surface area contributed by atoms with Crippen LogP contribution in [0.2, 0.25) is 0 Å². The van der Waals surface area contributed by atoms with Crippen LogP contribution in [0.4, 0.5) is 5.69 Å². The van der Waals surface area contributed by atoms with Gasteiger partial charge in [0, 0.05) is 30.5 Å². The first-order valence-electron chi connectivity index (χ1n) is 8.40. The predicted octanol–water partition coefficient (Wildman–Crippen LogP) is 2.37. The second kappa shape index (κ2) is 7.90. The SMILES string of the molecule is CCc1ccc(NC(=O)c2ccnc(C(=O)N3CCOCC3)c2)cc1. The predicted molar refractivity (Wildman–Crippen MR) is 94.7 cm³/mol. The lowest BCUT2D eigenvalue weighted by Gasteiger charge is -2.26. The standard InChI is InChI=1S/C19H21N3O3/c1-2-14-3-5-16(6-4-14)21-18(23)15-7-8-20-17(13-15)19(24)22-9-11-25-12-10-22/h3-8,13H,2,9-12H2,1H3,(H,21,23). The Kier molecular flexibility index (Phi) is 5.40. The Hall–Kier alpha value is -2.73. The lowest BCUT2D eigenvalue weighted by atomic mass is 10.1. The number of hydrogen-bond acceptors (Lipinski definition) is 4. The normalized spacial score (nSPS) is 14.2. The maximum atomic E-state index is 12.5. The van der Waals surface area contributed by atoms with E-state index in [9.17, 15) is 9.59 Å². The van der Waals surface area contributed by atoms with Crippen LogP contribution in [0, 0.1) is 0 Å². The highest BCUT2D eigenvalue weighted by Crippen LogP contribution is 2.13. The number of aromatic nitrogens is 1. The lowest BCUT2D eigenvalue weighted by Crippen LogP contribution is -2.41. The minimum atomic E-state index is -0.261. The topological polar surface area (TPSA) is 71.5 Å². The van der Waals surface area contributed by atoms with Gasteiger partial charge in [0.25, 0.3) is 11.8 Å². The van der Waals surface area contributed by atoms with E-state index in [2.05, 4.69) is 17.2 Å². The minimum Gasteiger partial charge on any atom is -0.378 e. The summed E-state index contributed by atoms with van der Waals surface area (Å²) in [5, 5.41) is 2.84. The summed E-state index contributed by atoms with van der Waals surface area (Å²) in [6.45, 7) is 4.22. The number of benzene rings is 1. The quantitative estimate of drug-likeness (QED) is 0.928. The van der Waals surface area contributed by atoms with E-state index in [1.165, 1.54) is 17.8 Å². The molecule has 2 aromatic rings. The van der Waals surface area contributed by atoms with Gasteiger partial charge in [0.05, 0.1) is 13.2 Å². The zero-order valence-electron chi connectivity index (χ0n) is 14.2. The molecule has 3 rings (SSSR count). The van der Waals surface area contributed by atoms with Crippen LogP contribution in [0.1, 0.15) is 33.3 Å². The molecule has 1 N–H and O–H groups in total. The van der Waals surface area contributed by atoms with Gasteiger partial charge in [-0.05, 0) is 36.2 Å². The zero-order chi connectivity index (χ0) is 17.6. The third-order valence-corrected chi connectivity index (χ3v) is 4.16. The van der Waals surface area contributed by atoms with E-state index in [4.69, 9.17) is 4.74 Å². The van der Waals surface area contributed by atoms with Crippen LogP contribution < -0.4 is 5.32 Å². The molecule has 0 radical (unpaired) electrons. The third kappa shape index (κ3) is 4.22. The number of anilines is 1. The van der Waals surface area contributed by atoms with Crippen LogP contribution in [0.3, 0.4) is 0 Å². The van der Waals surface area contributed by atoms with Gasteiger partial charge in [-0.15, -0.1) is 0 Å². The van der Waals surface area contributed by atoms with E-state index in [-0.39, 0.29) is 17.5 Å². The van der Waals surface area contributed by atoms with Crippen LogP contribution >= 0.6 is 0 Å². The summed E-state index contributed by atoms with van der Waals surface area (Å²) in [4.78, 5) is 30.7. The van der Waals surface area contributed by atoms with Crippen molar-refractivity contribution in [2.75, 3.05) is 31.6 Å². The molecular weight excluding hydrogens is 318 g/mol. The van der Waals surface area contributed by atoms with Crippen LogP contribution in [-0.4, -0.2) is 48.0 Å². The number of aryl methyl sites for hydroxylation is 1. The first kappa shape index (κ1) is 17.1. The van der Waals surface area contributed by atoms with Crippen molar-refractivity contribution in [2.45, 2.75) is 13.3 Å². The number of rotatable bonds is 4. The van der Waals surface area contributed by atoms with Crippen molar-refractivity contribution < 1.29 is 14.3 Å². The fourth-order valence-corrected chi connectivity index (χ4v) is 2.64. The van der Waals surface area contributed by atoms with Crippen molar-refractivity contribution in [3.05, 3.63) is 59.4 Å². The number of ether oxygens (including phenoxy) is 1. The van der Waals surface area contributed by atoms with Gasteiger partial charge >= 0.3 is 0 Å². The van der Waals surface area contributed by atoms with Gasteiger partial charge in [0.15, 0.2) is 0 Å². The van der Waals surface area contributed by atoms with Crippen LogP contribution in [0.25, 0.3) is 0 Å². The number of hydrogen-bond donors (Lipinski definition) is 1. The van der Waals surface area contributed by atoms with Crippen LogP contribution in [-0.2, 0) is 11.2 Å². The maximum Gasteiger partial charge on any atom is 0.272 e. The number of morpholine rings is 1. The maximum absolute atomic E-state index is 12.5. The molecule has 0 atom stereocenters. The van der Waals surface area contributed by atoms with E-state index < -0.39 is 0 Å². The summed E-state index contributed by atoms with van der Waals surface area (Å²) >= 11 is 0. The molecule has 0 unspecified atom stereocenters. The molecule has 0 aliphatic carbocycles. The van der Waals surface area contributed by atoms with Gasteiger partial charge in [0.2, 0.25) is 0 Å². The van der Waals surface area contributed by atoms with Gasteiger partial charge in [0.1, 0.15) is 5.69 Å². The fourth-order valence-electron chi connectivity index (χ4n) is 2.64. The van der Waals surface area contributed by atoms with E-state index in [1.54, 1.807) is 11.0 Å². The van der Waals surface area contributed by atoms with E-state index in [0.717, 1.165) is 12.1 Å². The summed E-state index contributed by atoms with van der Waals surface area (Å²) in [5.74, 6) is -0.437. The smallest absolute Gasteiger partial charge is 0.272 e. The Labute approximate surface area is 146 Å². The van der Waals surface area contributed by atoms with Crippen LogP contribution in [0.15, 0.2) is 42.6 Å². The molecule has 1 saturated heterocycles. The Morgan fingerprint density at radius 2 is 1.88 bits per heavy atom. The second-order valence-electron chi connectivity index (χ2n) is 5.84. The van der Waals surface area contributed by atoms with Crippen molar-refractivity contribution >= 4 is 17.5 Å². The second-order valence-corrected chi connectivity index (χ2v) is 5.84. The van der Waals surface area contributed by atoms with Gasteiger partial charge < -0.3 is 15.0 Å². The summed E-state index contributed by atoms with van der Waals surface area (Å²) < 4.78 is 5.25. The lowest BCUT2D eigenvalue weighted by molar-refractivity contribution is 0.0299. The number of pyridine rings is 1.